The van der Waals surface area contributed by atoms with E-state index in [1.165, 1.54) is 10.4 Å². The molecule has 4 nitrogen and oxygen atoms in total. The number of amides is 1. The maximum absolute atomic E-state index is 12.2. The summed E-state index contributed by atoms with van der Waals surface area (Å²) in [7, 11) is 0. The Morgan fingerprint density at radius 3 is 3.04 bits per heavy atom. The second-order valence-corrected chi connectivity index (χ2v) is 6.68. The fourth-order valence-corrected chi connectivity index (χ4v) is 3.91. The van der Waals surface area contributed by atoms with Gasteiger partial charge in [-0.25, -0.2) is 4.68 Å². The highest BCUT2D eigenvalue weighted by molar-refractivity contribution is 7.10. The van der Waals surface area contributed by atoms with Crippen molar-refractivity contribution in [1.82, 2.24) is 9.78 Å². The van der Waals surface area contributed by atoms with Crippen molar-refractivity contribution < 1.29 is 4.79 Å². The molecule has 3 aromatic rings. The molecule has 1 aliphatic rings. The number of carbonyl (C=O) groups excluding carboxylic acids is 1. The highest BCUT2D eigenvalue weighted by atomic mass is 32.1. The first-order valence-electron chi connectivity index (χ1n) is 7.76. The third-order valence-electron chi connectivity index (χ3n) is 4.27. The Balaban J connectivity index is 1.82. The highest BCUT2D eigenvalue weighted by Gasteiger charge is 2.30. The van der Waals surface area contributed by atoms with Crippen molar-refractivity contribution in [2.24, 2.45) is 0 Å². The summed E-state index contributed by atoms with van der Waals surface area (Å²) in [5.41, 5.74) is 3.33. The number of thiophene rings is 1. The Morgan fingerprint density at radius 1 is 1.35 bits per heavy atom. The van der Waals surface area contributed by atoms with E-state index in [0.29, 0.717) is 6.42 Å². The lowest BCUT2D eigenvalue weighted by molar-refractivity contribution is -0.116. The van der Waals surface area contributed by atoms with Gasteiger partial charge in [-0.3, -0.25) is 4.79 Å². The van der Waals surface area contributed by atoms with E-state index in [-0.39, 0.29) is 11.8 Å². The molecule has 0 radical (unpaired) electrons. The van der Waals surface area contributed by atoms with Crippen molar-refractivity contribution in [3.05, 3.63) is 64.0 Å². The first-order chi connectivity index (χ1) is 11.3. The summed E-state index contributed by atoms with van der Waals surface area (Å²) in [6.45, 7) is 2.13. The third-order valence-corrected chi connectivity index (χ3v) is 5.26. The number of benzene rings is 1. The molecule has 3 heterocycles. The van der Waals surface area contributed by atoms with Crippen LogP contribution in [0.2, 0.25) is 0 Å². The number of hydrogen-bond donors (Lipinski definition) is 1. The van der Waals surface area contributed by atoms with Crippen LogP contribution < -0.4 is 5.32 Å². The van der Waals surface area contributed by atoms with E-state index < -0.39 is 0 Å². The van der Waals surface area contributed by atoms with Crippen LogP contribution in [0.3, 0.4) is 0 Å². The lowest BCUT2D eigenvalue weighted by Gasteiger charge is -2.22. The molecule has 4 rings (SSSR count). The maximum Gasteiger partial charge on any atom is 0.226 e. The van der Waals surface area contributed by atoms with Gasteiger partial charge in [-0.15, -0.1) is 11.3 Å². The molecule has 0 aliphatic carbocycles. The Kier molecular flexibility index (Phi) is 3.50. The van der Waals surface area contributed by atoms with Crippen molar-refractivity contribution >= 4 is 23.1 Å². The summed E-state index contributed by atoms with van der Waals surface area (Å²) >= 11 is 1.69. The van der Waals surface area contributed by atoms with Gasteiger partial charge < -0.3 is 5.32 Å². The van der Waals surface area contributed by atoms with Crippen LogP contribution in [-0.4, -0.2) is 15.7 Å². The van der Waals surface area contributed by atoms with Gasteiger partial charge >= 0.3 is 0 Å². The predicted octanol–water partition coefficient (Wildman–Crippen LogP) is 3.97. The molecule has 1 amide bonds. The minimum absolute atomic E-state index is 0.0456. The van der Waals surface area contributed by atoms with Crippen LogP contribution in [0.5, 0.6) is 0 Å². The quantitative estimate of drug-likeness (QED) is 0.793. The monoisotopic (exact) mass is 323 g/mol. The molecule has 1 aliphatic heterocycles. The fourth-order valence-electron chi connectivity index (χ4n) is 3.07. The molecule has 5 heteroatoms. The van der Waals surface area contributed by atoms with Crippen LogP contribution >= 0.6 is 11.3 Å². The Labute approximate surface area is 138 Å². The number of rotatable bonds is 3. The van der Waals surface area contributed by atoms with E-state index in [2.05, 4.69) is 40.9 Å². The minimum Gasteiger partial charge on any atom is -0.310 e. The normalized spacial score (nSPS) is 16.9. The summed E-state index contributed by atoms with van der Waals surface area (Å²) in [5.74, 6) is 0.944. The van der Waals surface area contributed by atoms with Crippen LogP contribution in [0.4, 0.5) is 5.82 Å². The lowest BCUT2D eigenvalue weighted by Crippen LogP contribution is -2.24. The SMILES string of the molecule is CCc1cccc(-n2ncc3c2NC(=O)CC3c2cccs2)c1. The van der Waals surface area contributed by atoms with Gasteiger partial charge in [0.05, 0.1) is 11.9 Å². The molecular formula is C18H17N3OS. The average Bonchev–Trinajstić information content (AvgIpc) is 3.23. The fraction of sp³-hybridized carbons (Fsp3) is 0.222. The van der Waals surface area contributed by atoms with Crippen LogP contribution in [0, 0.1) is 0 Å². The molecule has 0 spiro atoms. The minimum atomic E-state index is 0.0456. The Bertz CT molecular complexity index is 851. The van der Waals surface area contributed by atoms with Crippen molar-refractivity contribution in [1.29, 1.82) is 0 Å². The molecule has 0 fully saturated rings. The number of hydrogen-bond acceptors (Lipinski definition) is 3. The molecular weight excluding hydrogens is 306 g/mol. The largest absolute Gasteiger partial charge is 0.310 e. The van der Waals surface area contributed by atoms with E-state index in [0.717, 1.165) is 23.5 Å². The highest BCUT2D eigenvalue weighted by Crippen LogP contribution is 2.39. The summed E-state index contributed by atoms with van der Waals surface area (Å²) < 4.78 is 1.84. The second kappa shape index (κ2) is 5.66. The van der Waals surface area contributed by atoms with Gasteiger partial charge in [0.15, 0.2) is 0 Å². The number of fused-ring (bicyclic) bond motifs is 1. The van der Waals surface area contributed by atoms with E-state index in [4.69, 9.17) is 0 Å². The number of nitrogens with one attached hydrogen (secondary N) is 1. The van der Waals surface area contributed by atoms with Gasteiger partial charge in [-0.1, -0.05) is 25.1 Å². The van der Waals surface area contributed by atoms with Gasteiger partial charge in [0.1, 0.15) is 5.82 Å². The molecule has 1 unspecified atom stereocenters. The van der Waals surface area contributed by atoms with E-state index in [1.807, 2.05) is 29.1 Å². The number of aryl methyl sites for hydroxylation is 1. The summed E-state index contributed by atoms with van der Waals surface area (Å²) in [5, 5.41) is 9.60. The second-order valence-electron chi connectivity index (χ2n) is 5.70. The summed E-state index contributed by atoms with van der Waals surface area (Å²) in [6, 6.07) is 12.4. The van der Waals surface area contributed by atoms with Crippen molar-refractivity contribution in [3.63, 3.8) is 0 Å². The number of carbonyl (C=O) groups is 1. The zero-order valence-corrected chi connectivity index (χ0v) is 13.6. The predicted molar refractivity (Wildman–Crippen MR) is 92.4 cm³/mol. The molecule has 0 saturated heterocycles. The van der Waals surface area contributed by atoms with Crippen LogP contribution in [0.25, 0.3) is 5.69 Å². The van der Waals surface area contributed by atoms with Crippen molar-refractivity contribution in [2.45, 2.75) is 25.7 Å². The zero-order chi connectivity index (χ0) is 15.8. The number of anilines is 1. The molecule has 2 aromatic heterocycles. The van der Waals surface area contributed by atoms with Crippen LogP contribution in [0.15, 0.2) is 48.0 Å². The molecule has 1 N–H and O–H groups in total. The van der Waals surface area contributed by atoms with E-state index >= 15 is 0 Å². The number of aromatic nitrogens is 2. The standard InChI is InChI=1S/C18H17N3OS/c1-2-12-5-3-6-13(9-12)21-18-15(11-19-21)14(10-17(22)20-18)16-7-4-8-23-16/h3-9,11,14H,2,10H2,1H3,(H,20,22). The van der Waals surface area contributed by atoms with Gasteiger partial charge in [0, 0.05) is 22.8 Å². The molecule has 116 valence electrons. The van der Waals surface area contributed by atoms with Crippen molar-refractivity contribution in [3.8, 4) is 5.69 Å². The summed E-state index contributed by atoms with van der Waals surface area (Å²) in [4.78, 5) is 13.4. The molecule has 1 aromatic carbocycles. The average molecular weight is 323 g/mol. The van der Waals surface area contributed by atoms with Gasteiger partial charge in [0.2, 0.25) is 5.91 Å². The van der Waals surface area contributed by atoms with E-state index in [1.54, 1.807) is 11.3 Å². The van der Waals surface area contributed by atoms with Gasteiger partial charge in [-0.2, -0.15) is 5.10 Å². The molecule has 1 atom stereocenters. The topological polar surface area (TPSA) is 46.9 Å². The Hall–Kier alpha value is -2.40. The van der Waals surface area contributed by atoms with E-state index in [9.17, 15) is 4.79 Å². The zero-order valence-electron chi connectivity index (χ0n) is 12.8. The molecule has 23 heavy (non-hydrogen) atoms. The van der Waals surface area contributed by atoms with Crippen LogP contribution in [-0.2, 0) is 11.2 Å². The molecule has 0 saturated carbocycles. The van der Waals surface area contributed by atoms with Gasteiger partial charge in [-0.05, 0) is 35.6 Å². The van der Waals surface area contributed by atoms with Gasteiger partial charge in [0.25, 0.3) is 0 Å². The lowest BCUT2D eigenvalue weighted by atomic mass is 9.93. The Morgan fingerprint density at radius 2 is 2.26 bits per heavy atom. The maximum atomic E-state index is 12.2. The molecule has 0 bridgehead atoms. The third kappa shape index (κ3) is 2.47. The first kappa shape index (κ1) is 14.2. The van der Waals surface area contributed by atoms with Crippen LogP contribution in [0.1, 0.15) is 35.3 Å². The first-order valence-corrected chi connectivity index (χ1v) is 8.64. The smallest absolute Gasteiger partial charge is 0.226 e. The number of nitrogens with zero attached hydrogens (tertiary/aromatic N) is 2. The summed E-state index contributed by atoms with van der Waals surface area (Å²) in [6.07, 6.45) is 3.34. The van der Waals surface area contributed by atoms with Crippen molar-refractivity contribution in [2.75, 3.05) is 5.32 Å².